The highest BCUT2D eigenvalue weighted by Gasteiger charge is 2.32. The van der Waals surface area contributed by atoms with Crippen LogP contribution >= 0.6 is 23.2 Å². The first-order chi connectivity index (χ1) is 23.2. The van der Waals surface area contributed by atoms with Crippen LogP contribution in [0.2, 0.25) is 5.02 Å². The standard InChI is InChI=1S/C36H46Cl2N8O2/c1-21-5-11-29(37)31(18-21)45-35(47)40-16-13-27-9-7-24-19-25(20-42-34(24)44-27)28-10-12-30(38)32(22(28)2)46-36(48)41-17-14-26-8-6-23-4-3-15-39-33(23)43-26/h5,7,9,11-12,18,25,28,35,39-40,45,47H,3-4,6,8,10,13-17,19-20H2,1-2H3,(H,42,44)(H2,41,46,48). The highest BCUT2D eigenvalue weighted by atomic mass is 35.5. The van der Waals surface area contributed by atoms with Gasteiger partial charge >= 0.3 is 6.03 Å². The van der Waals surface area contributed by atoms with E-state index in [9.17, 15) is 9.90 Å². The van der Waals surface area contributed by atoms with E-state index in [1.807, 2.05) is 31.2 Å². The number of carbonyl (C=O) groups is 1. The van der Waals surface area contributed by atoms with Gasteiger partial charge in [-0.05, 0) is 105 Å². The molecule has 7 N–H and O–H groups in total. The van der Waals surface area contributed by atoms with Gasteiger partial charge in [-0.25, -0.2) is 14.8 Å². The molecule has 1 aromatic carbocycles. The number of anilines is 2. The van der Waals surface area contributed by atoms with E-state index >= 15 is 0 Å². The van der Waals surface area contributed by atoms with E-state index in [1.165, 1.54) is 17.6 Å². The molecule has 3 aliphatic heterocycles. The molecule has 10 nitrogen and oxygen atoms in total. The first kappa shape index (κ1) is 34.3. The van der Waals surface area contributed by atoms with Gasteiger partial charge in [-0.2, -0.15) is 0 Å². The van der Waals surface area contributed by atoms with Crippen molar-refractivity contribution in [3.05, 3.63) is 85.9 Å². The summed E-state index contributed by atoms with van der Waals surface area (Å²) in [5, 5.41) is 30.6. The average Bonchev–Trinajstić information content (AvgIpc) is 3.08. The minimum Gasteiger partial charge on any atom is -0.370 e. The number of nitrogens with one attached hydrogen (secondary N) is 6. The molecule has 48 heavy (non-hydrogen) atoms. The zero-order chi connectivity index (χ0) is 33.6. The van der Waals surface area contributed by atoms with Crippen LogP contribution < -0.4 is 31.9 Å². The summed E-state index contributed by atoms with van der Waals surface area (Å²) in [6, 6.07) is 9.59. The van der Waals surface area contributed by atoms with Crippen LogP contribution in [0.4, 0.5) is 16.3 Å². The largest absolute Gasteiger partial charge is 0.370 e. The lowest BCUT2D eigenvalue weighted by Gasteiger charge is -2.35. The Morgan fingerprint density at radius 3 is 2.83 bits per heavy atom. The number of aromatic nitrogens is 1. The number of fused-ring (bicyclic) bond motifs is 1. The van der Waals surface area contributed by atoms with Gasteiger partial charge in [0, 0.05) is 50.4 Å². The molecular weight excluding hydrogens is 647 g/mol. The zero-order valence-corrected chi connectivity index (χ0v) is 29.2. The molecule has 0 bridgehead atoms. The van der Waals surface area contributed by atoms with Gasteiger partial charge in [0.1, 0.15) is 11.6 Å². The Labute approximate surface area is 292 Å². The summed E-state index contributed by atoms with van der Waals surface area (Å²) < 4.78 is 0. The van der Waals surface area contributed by atoms with E-state index in [0.29, 0.717) is 46.9 Å². The predicted octanol–water partition coefficient (Wildman–Crippen LogP) is 6.08. The van der Waals surface area contributed by atoms with E-state index in [1.54, 1.807) is 0 Å². The summed E-state index contributed by atoms with van der Waals surface area (Å²) >= 11 is 12.9. The van der Waals surface area contributed by atoms with E-state index in [4.69, 9.17) is 33.2 Å². The van der Waals surface area contributed by atoms with Crippen molar-refractivity contribution in [2.75, 3.05) is 36.8 Å². The number of halogens is 2. The summed E-state index contributed by atoms with van der Waals surface area (Å²) in [4.78, 5) is 22.6. The number of urea groups is 1. The van der Waals surface area contributed by atoms with Gasteiger partial charge in [0.25, 0.3) is 0 Å². The fourth-order valence-electron chi connectivity index (χ4n) is 7.01. The number of amides is 2. The maximum Gasteiger partial charge on any atom is 0.319 e. The lowest BCUT2D eigenvalue weighted by Crippen LogP contribution is -2.39. The third-order valence-corrected chi connectivity index (χ3v) is 10.4. The van der Waals surface area contributed by atoms with Crippen LogP contribution in [0.3, 0.4) is 0 Å². The van der Waals surface area contributed by atoms with E-state index in [2.05, 4.69) is 51.0 Å². The van der Waals surface area contributed by atoms with Crippen molar-refractivity contribution in [1.82, 2.24) is 26.3 Å². The number of carbonyl (C=O) groups excluding carboxylic acids is 1. The fraction of sp³-hybridized carbons (Fsp3) is 0.472. The smallest absolute Gasteiger partial charge is 0.319 e. The zero-order valence-electron chi connectivity index (χ0n) is 27.7. The molecule has 256 valence electrons. The number of allylic oxidation sites excluding steroid dienone is 4. The molecule has 0 spiro atoms. The minimum atomic E-state index is -0.933. The van der Waals surface area contributed by atoms with Gasteiger partial charge in [-0.1, -0.05) is 41.4 Å². The number of nitrogens with zero attached hydrogens (tertiary/aromatic N) is 2. The number of hydrogen-bond donors (Lipinski definition) is 7. The summed E-state index contributed by atoms with van der Waals surface area (Å²) in [5.41, 5.74) is 8.23. The summed E-state index contributed by atoms with van der Waals surface area (Å²) in [6.07, 6.45) is 8.53. The van der Waals surface area contributed by atoms with Crippen LogP contribution in [0.1, 0.15) is 62.3 Å². The van der Waals surface area contributed by atoms with Crippen LogP contribution in [0, 0.1) is 18.8 Å². The molecule has 4 heterocycles. The molecule has 12 heteroatoms. The monoisotopic (exact) mass is 692 g/mol. The van der Waals surface area contributed by atoms with E-state index in [-0.39, 0.29) is 11.9 Å². The molecule has 3 atom stereocenters. The summed E-state index contributed by atoms with van der Waals surface area (Å²) in [5.74, 6) is 2.54. The van der Waals surface area contributed by atoms with Gasteiger partial charge in [-0.15, -0.1) is 0 Å². The Kier molecular flexibility index (Phi) is 11.3. The normalized spacial score (nSPS) is 21.2. The SMILES string of the molecule is CC1=C(NC(=O)NCCC2=NC3=C(CCCN3)CC2)C(Cl)=CCC1C1CNc2nc(CCNC(O)Nc3cc(C)ccc3Cl)ccc2C1. The number of aryl methyl sites for hydroxylation is 1. The van der Waals surface area contributed by atoms with Crippen molar-refractivity contribution in [2.24, 2.45) is 16.8 Å². The Hall–Kier alpha value is -3.57. The van der Waals surface area contributed by atoms with Gasteiger partial charge in [0.2, 0.25) is 0 Å². The quantitative estimate of drug-likeness (QED) is 0.142. The molecule has 0 radical (unpaired) electrons. The van der Waals surface area contributed by atoms with Gasteiger partial charge in [0.15, 0.2) is 6.35 Å². The summed E-state index contributed by atoms with van der Waals surface area (Å²) in [6.45, 7) is 6.89. The lowest BCUT2D eigenvalue weighted by molar-refractivity contribution is 0.166. The topological polar surface area (TPSA) is 135 Å². The Bertz CT molecular complexity index is 1650. The predicted molar refractivity (Wildman–Crippen MR) is 194 cm³/mol. The Balaban J connectivity index is 0.983. The third-order valence-electron chi connectivity index (χ3n) is 9.70. The van der Waals surface area contributed by atoms with E-state index < -0.39 is 6.35 Å². The van der Waals surface area contributed by atoms with Crippen LogP contribution in [-0.4, -0.2) is 54.4 Å². The molecular formula is C36H46Cl2N8O2. The minimum absolute atomic E-state index is 0.241. The van der Waals surface area contributed by atoms with E-state index in [0.717, 1.165) is 85.8 Å². The van der Waals surface area contributed by atoms with Crippen molar-refractivity contribution in [3.63, 3.8) is 0 Å². The van der Waals surface area contributed by atoms with Gasteiger partial charge in [0.05, 0.1) is 21.4 Å². The highest BCUT2D eigenvalue weighted by Crippen LogP contribution is 2.39. The molecule has 6 rings (SSSR count). The van der Waals surface area contributed by atoms with Gasteiger partial charge < -0.3 is 31.7 Å². The molecule has 2 amide bonds. The van der Waals surface area contributed by atoms with Crippen molar-refractivity contribution >= 4 is 46.4 Å². The van der Waals surface area contributed by atoms with Crippen molar-refractivity contribution in [3.8, 4) is 0 Å². The Morgan fingerprint density at radius 1 is 1.08 bits per heavy atom. The Morgan fingerprint density at radius 2 is 1.96 bits per heavy atom. The number of benzene rings is 1. The van der Waals surface area contributed by atoms with Crippen LogP contribution in [0.5, 0.6) is 0 Å². The third kappa shape index (κ3) is 8.52. The summed E-state index contributed by atoms with van der Waals surface area (Å²) in [7, 11) is 0. The second-order valence-corrected chi connectivity index (χ2v) is 13.9. The first-order valence-corrected chi connectivity index (χ1v) is 17.8. The van der Waals surface area contributed by atoms with Crippen molar-refractivity contribution in [1.29, 1.82) is 0 Å². The maximum absolute atomic E-state index is 12.9. The second-order valence-electron chi connectivity index (χ2n) is 13.1. The number of aliphatic imine (C=N–C) groups is 1. The molecule has 1 aromatic heterocycles. The second kappa shape index (κ2) is 15.8. The number of hydrogen-bond acceptors (Lipinski definition) is 8. The number of rotatable bonds is 11. The molecule has 4 aliphatic rings. The van der Waals surface area contributed by atoms with Gasteiger partial charge in [-0.3, -0.25) is 5.32 Å². The van der Waals surface area contributed by atoms with Crippen LogP contribution in [-0.2, 0) is 12.8 Å². The number of aliphatic hydroxyl groups is 1. The molecule has 1 aliphatic carbocycles. The highest BCUT2D eigenvalue weighted by molar-refractivity contribution is 6.33. The first-order valence-electron chi connectivity index (χ1n) is 17.0. The molecule has 2 aromatic rings. The maximum atomic E-state index is 12.9. The average molecular weight is 694 g/mol. The number of aliphatic hydroxyl groups excluding tert-OH is 1. The molecule has 0 fully saturated rings. The lowest BCUT2D eigenvalue weighted by atomic mass is 9.76. The molecule has 3 unspecified atom stereocenters. The fourth-order valence-corrected chi connectivity index (χ4v) is 7.46. The van der Waals surface area contributed by atoms with Crippen LogP contribution in [0.15, 0.2) is 69.1 Å². The molecule has 0 saturated carbocycles. The van der Waals surface area contributed by atoms with Crippen molar-refractivity contribution < 1.29 is 9.90 Å². The number of pyridine rings is 1. The molecule has 0 saturated heterocycles. The van der Waals surface area contributed by atoms with Crippen LogP contribution in [0.25, 0.3) is 0 Å². The van der Waals surface area contributed by atoms with Crippen molar-refractivity contribution in [2.45, 2.75) is 71.6 Å².